The number of carbonyl (C=O) groups is 2. The van der Waals surface area contributed by atoms with Crippen molar-refractivity contribution in [2.75, 3.05) is 19.5 Å². The third-order valence-electron chi connectivity index (χ3n) is 7.02. The standard InChI is InChI=1S/C31H34BrNO5S/c1-31(2,3)21-12-13-22-25(17-21)39-29(27(22)30(35)37-5)33-26(34)14-11-20-15-23(32)28(24(16-20)36-4)38-18-19-9-7-6-8-10-19/h6-11,14-16,21H,12-13,17-18H2,1-5H3,(H,33,34)/b14-11+. The van der Waals surface area contributed by atoms with Crippen molar-refractivity contribution in [3.63, 3.8) is 0 Å². The number of methoxy groups -OCH3 is 2. The molecule has 206 valence electrons. The first-order chi connectivity index (χ1) is 18.6. The zero-order valence-corrected chi connectivity index (χ0v) is 25.3. The predicted octanol–water partition coefficient (Wildman–Crippen LogP) is 7.69. The Morgan fingerprint density at radius 3 is 2.56 bits per heavy atom. The van der Waals surface area contributed by atoms with Crippen molar-refractivity contribution in [3.8, 4) is 11.5 Å². The maximum atomic E-state index is 12.9. The number of fused-ring (bicyclic) bond motifs is 1. The molecular formula is C31H34BrNO5S. The van der Waals surface area contributed by atoms with Crippen LogP contribution in [0.4, 0.5) is 5.00 Å². The van der Waals surface area contributed by atoms with Crippen LogP contribution in [0.5, 0.6) is 11.5 Å². The van der Waals surface area contributed by atoms with Crippen molar-refractivity contribution >= 4 is 50.2 Å². The highest BCUT2D eigenvalue weighted by molar-refractivity contribution is 9.10. The lowest BCUT2D eigenvalue weighted by Crippen LogP contribution is -2.26. The summed E-state index contributed by atoms with van der Waals surface area (Å²) in [6.45, 7) is 7.15. The van der Waals surface area contributed by atoms with Crippen LogP contribution < -0.4 is 14.8 Å². The number of carbonyl (C=O) groups excluding carboxylic acids is 2. The highest BCUT2D eigenvalue weighted by atomic mass is 79.9. The maximum Gasteiger partial charge on any atom is 0.341 e. The van der Waals surface area contributed by atoms with Gasteiger partial charge in [-0.25, -0.2) is 4.79 Å². The first kappa shape index (κ1) is 28.9. The zero-order valence-electron chi connectivity index (χ0n) is 22.9. The molecule has 3 aromatic rings. The van der Waals surface area contributed by atoms with E-state index in [1.165, 1.54) is 24.5 Å². The molecule has 6 nitrogen and oxygen atoms in total. The number of rotatable bonds is 8. The third kappa shape index (κ3) is 6.92. The summed E-state index contributed by atoms with van der Waals surface area (Å²) in [7, 11) is 2.95. The van der Waals surface area contributed by atoms with Crippen molar-refractivity contribution in [1.82, 2.24) is 0 Å². The van der Waals surface area contributed by atoms with Crippen molar-refractivity contribution in [1.29, 1.82) is 0 Å². The minimum atomic E-state index is -0.416. The van der Waals surface area contributed by atoms with Crippen molar-refractivity contribution in [2.45, 2.75) is 46.6 Å². The van der Waals surface area contributed by atoms with E-state index < -0.39 is 5.97 Å². The number of hydrogen-bond donors (Lipinski definition) is 1. The van der Waals surface area contributed by atoms with E-state index in [0.717, 1.165) is 40.8 Å². The quantitative estimate of drug-likeness (QED) is 0.209. The number of esters is 1. The summed E-state index contributed by atoms with van der Waals surface area (Å²) in [6.07, 6.45) is 5.85. The maximum absolute atomic E-state index is 12.9. The highest BCUT2D eigenvalue weighted by Gasteiger charge is 2.34. The second-order valence-electron chi connectivity index (χ2n) is 10.6. The lowest BCUT2D eigenvalue weighted by molar-refractivity contribution is -0.111. The monoisotopic (exact) mass is 611 g/mol. The van der Waals surface area contributed by atoms with Crippen LogP contribution in [0, 0.1) is 11.3 Å². The lowest BCUT2D eigenvalue weighted by Gasteiger charge is -2.33. The molecule has 1 amide bonds. The first-order valence-corrected chi connectivity index (χ1v) is 14.5. The Hall–Kier alpha value is -3.10. The van der Waals surface area contributed by atoms with Crippen LogP contribution in [0.2, 0.25) is 0 Å². The van der Waals surface area contributed by atoms with E-state index in [2.05, 4.69) is 42.0 Å². The number of nitrogens with one attached hydrogen (secondary N) is 1. The van der Waals surface area contributed by atoms with Gasteiger partial charge < -0.3 is 19.5 Å². The topological polar surface area (TPSA) is 73.9 Å². The number of hydrogen-bond acceptors (Lipinski definition) is 6. The Bertz CT molecular complexity index is 1370. The van der Waals surface area contributed by atoms with Crippen LogP contribution in [-0.2, 0) is 29.0 Å². The Morgan fingerprint density at radius 2 is 1.90 bits per heavy atom. The molecule has 0 spiro atoms. The minimum absolute atomic E-state index is 0.177. The fraction of sp³-hybridized carbons (Fsp3) is 0.355. The van der Waals surface area contributed by atoms with Crippen LogP contribution in [0.3, 0.4) is 0 Å². The van der Waals surface area contributed by atoms with E-state index in [1.54, 1.807) is 13.2 Å². The molecule has 0 fully saturated rings. The van der Waals surface area contributed by atoms with E-state index in [9.17, 15) is 9.59 Å². The Labute approximate surface area is 242 Å². The summed E-state index contributed by atoms with van der Waals surface area (Å²) < 4.78 is 17.3. The fourth-order valence-corrected chi connectivity index (χ4v) is 6.66. The van der Waals surface area contributed by atoms with Crippen molar-refractivity contribution in [2.24, 2.45) is 11.3 Å². The molecule has 0 saturated carbocycles. The molecule has 1 aromatic heterocycles. The summed E-state index contributed by atoms with van der Waals surface area (Å²) in [4.78, 5) is 26.8. The smallest absolute Gasteiger partial charge is 0.341 e. The van der Waals surface area contributed by atoms with E-state index in [0.29, 0.717) is 39.1 Å². The number of amides is 1. The van der Waals surface area contributed by atoms with Gasteiger partial charge in [-0.15, -0.1) is 11.3 Å². The molecule has 0 aliphatic heterocycles. The molecule has 0 radical (unpaired) electrons. The first-order valence-electron chi connectivity index (χ1n) is 12.9. The average molecular weight is 613 g/mol. The summed E-state index contributed by atoms with van der Waals surface area (Å²) in [6, 6.07) is 13.6. The molecule has 4 rings (SSSR count). The van der Waals surface area contributed by atoms with E-state index in [1.807, 2.05) is 42.5 Å². The second-order valence-corrected chi connectivity index (χ2v) is 12.6. The molecule has 0 saturated heterocycles. The van der Waals surface area contributed by atoms with Crippen molar-refractivity contribution < 1.29 is 23.8 Å². The number of thiophene rings is 1. The van der Waals surface area contributed by atoms with Crippen LogP contribution >= 0.6 is 27.3 Å². The van der Waals surface area contributed by atoms with Crippen LogP contribution in [0.15, 0.2) is 53.0 Å². The Kier molecular flexibility index (Phi) is 9.18. The third-order valence-corrected chi connectivity index (χ3v) is 8.78. The van der Waals surface area contributed by atoms with Gasteiger partial charge in [0, 0.05) is 11.0 Å². The van der Waals surface area contributed by atoms with Crippen LogP contribution in [-0.4, -0.2) is 26.1 Å². The largest absolute Gasteiger partial charge is 0.493 e. The Morgan fingerprint density at radius 1 is 1.15 bits per heavy atom. The molecule has 1 N–H and O–H groups in total. The molecule has 1 heterocycles. The lowest BCUT2D eigenvalue weighted by atomic mass is 9.72. The van der Waals surface area contributed by atoms with Gasteiger partial charge in [-0.1, -0.05) is 51.1 Å². The van der Waals surface area contributed by atoms with Crippen LogP contribution in [0.1, 0.15) is 59.1 Å². The summed E-state index contributed by atoms with van der Waals surface area (Å²) in [5.41, 5.74) is 3.47. The molecule has 1 aliphatic rings. The zero-order chi connectivity index (χ0) is 28.2. The number of halogens is 1. The fourth-order valence-electron chi connectivity index (χ4n) is 4.76. The van der Waals surface area contributed by atoms with Gasteiger partial charge in [-0.2, -0.15) is 0 Å². The molecule has 39 heavy (non-hydrogen) atoms. The SMILES string of the molecule is COC(=O)c1c(NC(=O)/C=C/c2cc(Br)c(OCc3ccccc3)c(OC)c2)sc2c1CCC(C(C)(C)C)C2. The van der Waals surface area contributed by atoms with Gasteiger partial charge >= 0.3 is 5.97 Å². The van der Waals surface area contributed by atoms with Gasteiger partial charge in [-0.05, 0) is 81.4 Å². The predicted molar refractivity (Wildman–Crippen MR) is 160 cm³/mol. The molecule has 0 bridgehead atoms. The van der Waals surface area contributed by atoms with Gasteiger partial charge in [0.2, 0.25) is 5.91 Å². The molecule has 8 heteroatoms. The van der Waals surface area contributed by atoms with E-state index in [-0.39, 0.29) is 11.3 Å². The van der Waals surface area contributed by atoms with Gasteiger partial charge in [0.1, 0.15) is 11.6 Å². The normalized spacial score (nSPS) is 15.1. The summed E-state index contributed by atoms with van der Waals surface area (Å²) >= 11 is 5.05. The molecule has 1 atom stereocenters. The Balaban J connectivity index is 1.50. The number of ether oxygens (including phenoxy) is 3. The average Bonchev–Trinajstić information content (AvgIpc) is 3.27. The van der Waals surface area contributed by atoms with E-state index in [4.69, 9.17) is 14.2 Å². The summed E-state index contributed by atoms with van der Waals surface area (Å²) in [5.74, 6) is 0.910. The number of benzene rings is 2. The van der Waals surface area contributed by atoms with E-state index >= 15 is 0 Å². The van der Waals surface area contributed by atoms with Crippen molar-refractivity contribution in [3.05, 3.63) is 80.1 Å². The number of anilines is 1. The van der Waals surface area contributed by atoms with Gasteiger partial charge in [0.15, 0.2) is 11.5 Å². The highest BCUT2D eigenvalue weighted by Crippen LogP contribution is 2.44. The van der Waals surface area contributed by atoms with Gasteiger partial charge in [0.05, 0.1) is 24.3 Å². The van der Waals surface area contributed by atoms with Crippen LogP contribution in [0.25, 0.3) is 6.08 Å². The molecular weight excluding hydrogens is 578 g/mol. The molecule has 1 unspecified atom stereocenters. The molecule has 1 aliphatic carbocycles. The summed E-state index contributed by atoms with van der Waals surface area (Å²) in [5, 5.41) is 3.47. The van der Waals surface area contributed by atoms with Gasteiger partial charge in [-0.3, -0.25) is 4.79 Å². The molecule has 2 aromatic carbocycles. The minimum Gasteiger partial charge on any atom is -0.493 e. The van der Waals surface area contributed by atoms with Gasteiger partial charge in [0.25, 0.3) is 0 Å². The second kappa shape index (κ2) is 12.4.